The lowest BCUT2D eigenvalue weighted by atomic mass is 10.2. The topological polar surface area (TPSA) is 65.8 Å². The Kier molecular flexibility index (Phi) is 4.30. The lowest BCUT2D eigenvalue weighted by molar-refractivity contribution is -0.122. The van der Waals surface area contributed by atoms with E-state index in [-0.39, 0.29) is 5.91 Å². The van der Waals surface area contributed by atoms with Gasteiger partial charge in [-0.3, -0.25) is 9.78 Å². The van der Waals surface area contributed by atoms with Crippen molar-refractivity contribution in [3.63, 3.8) is 0 Å². The second-order valence-electron chi connectivity index (χ2n) is 3.21. The van der Waals surface area contributed by atoms with Crippen LogP contribution in [-0.4, -0.2) is 17.4 Å². The van der Waals surface area contributed by atoms with Crippen molar-refractivity contribution in [2.45, 2.75) is 13.3 Å². The number of pyridine rings is 1. The molecule has 0 aliphatic carbocycles. The van der Waals surface area contributed by atoms with Crippen molar-refractivity contribution in [1.29, 1.82) is 5.26 Å². The first-order valence-corrected chi connectivity index (χ1v) is 4.81. The third-order valence-corrected chi connectivity index (χ3v) is 1.99. The fourth-order valence-corrected chi connectivity index (χ4v) is 1.07. The van der Waals surface area contributed by atoms with Crippen LogP contribution in [-0.2, 0) is 11.2 Å². The van der Waals surface area contributed by atoms with E-state index in [9.17, 15) is 4.79 Å². The van der Waals surface area contributed by atoms with Crippen LogP contribution < -0.4 is 5.32 Å². The number of rotatable bonds is 4. The van der Waals surface area contributed by atoms with Crippen molar-refractivity contribution >= 4 is 5.91 Å². The van der Waals surface area contributed by atoms with E-state index in [2.05, 4.69) is 10.3 Å². The summed E-state index contributed by atoms with van der Waals surface area (Å²) in [7, 11) is 0. The third-order valence-electron chi connectivity index (χ3n) is 1.99. The number of hydrogen-bond donors (Lipinski definition) is 1. The molecule has 1 N–H and O–H groups in total. The molecular formula is C11H13N3O. The normalized spacial score (nSPS) is 11.5. The molecule has 1 amide bonds. The standard InChI is InChI=1S/C11H13N3O/c1-9(8-12)11(15)14-7-5-10-4-2-3-6-13-10/h2-4,6,9H,5,7H2,1H3,(H,14,15). The summed E-state index contributed by atoms with van der Waals surface area (Å²) in [5.74, 6) is -0.817. The van der Waals surface area contributed by atoms with E-state index in [1.165, 1.54) is 0 Å². The second-order valence-corrected chi connectivity index (χ2v) is 3.21. The van der Waals surface area contributed by atoms with Gasteiger partial charge in [-0.2, -0.15) is 5.26 Å². The highest BCUT2D eigenvalue weighted by Gasteiger charge is 2.09. The molecule has 78 valence electrons. The van der Waals surface area contributed by atoms with Crippen LogP contribution in [0.4, 0.5) is 0 Å². The van der Waals surface area contributed by atoms with Gasteiger partial charge in [-0.15, -0.1) is 0 Å². The molecule has 0 saturated heterocycles. The van der Waals surface area contributed by atoms with Crippen LogP contribution in [0.3, 0.4) is 0 Å². The molecule has 0 spiro atoms. The molecule has 4 nitrogen and oxygen atoms in total. The van der Waals surface area contributed by atoms with Crippen LogP contribution in [0.1, 0.15) is 12.6 Å². The molecule has 1 aromatic heterocycles. The van der Waals surface area contributed by atoms with Crippen molar-refractivity contribution in [3.05, 3.63) is 30.1 Å². The molecule has 1 rings (SSSR count). The smallest absolute Gasteiger partial charge is 0.237 e. The zero-order chi connectivity index (χ0) is 11.1. The molecule has 0 bridgehead atoms. The van der Waals surface area contributed by atoms with E-state index in [1.807, 2.05) is 24.3 Å². The van der Waals surface area contributed by atoms with Crippen LogP contribution in [0.2, 0.25) is 0 Å². The van der Waals surface area contributed by atoms with Gasteiger partial charge in [-0.1, -0.05) is 6.07 Å². The van der Waals surface area contributed by atoms with Crippen molar-refractivity contribution in [1.82, 2.24) is 10.3 Å². The summed E-state index contributed by atoms with van der Waals surface area (Å²) in [6, 6.07) is 7.54. The number of carbonyl (C=O) groups is 1. The maximum Gasteiger partial charge on any atom is 0.237 e. The molecule has 1 atom stereocenters. The number of aromatic nitrogens is 1. The molecule has 0 radical (unpaired) electrons. The monoisotopic (exact) mass is 203 g/mol. The number of hydrogen-bond acceptors (Lipinski definition) is 3. The molecule has 0 aliphatic heterocycles. The average molecular weight is 203 g/mol. The summed E-state index contributed by atoms with van der Waals surface area (Å²) < 4.78 is 0. The Morgan fingerprint density at radius 3 is 3.07 bits per heavy atom. The van der Waals surface area contributed by atoms with Gasteiger partial charge >= 0.3 is 0 Å². The van der Waals surface area contributed by atoms with E-state index in [0.29, 0.717) is 13.0 Å². The van der Waals surface area contributed by atoms with Crippen molar-refractivity contribution in [2.75, 3.05) is 6.54 Å². The van der Waals surface area contributed by atoms with Gasteiger partial charge in [0.2, 0.25) is 5.91 Å². The third kappa shape index (κ3) is 3.77. The van der Waals surface area contributed by atoms with E-state index < -0.39 is 5.92 Å². The molecule has 0 saturated carbocycles. The fraction of sp³-hybridized carbons (Fsp3) is 0.364. The Labute approximate surface area is 88.9 Å². The first kappa shape index (κ1) is 11.2. The number of nitrogens with one attached hydrogen (secondary N) is 1. The molecule has 1 aromatic rings. The van der Waals surface area contributed by atoms with Gasteiger partial charge < -0.3 is 5.32 Å². The van der Waals surface area contributed by atoms with Crippen LogP contribution in [0.25, 0.3) is 0 Å². The summed E-state index contributed by atoms with van der Waals surface area (Å²) >= 11 is 0. The molecule has 0 aliphatic rings. The minimum Gasteiger partial charge on any atom is -0.355 e. The summed E-state index contributed by atoms with van der Waals surface area (Å²) in [4.78, 5) is 15.3. The Hall–Kier alpha value is -1.89. The van der Waals surface area contributed by atoms with E-state index in [0.717, 1.165) is 5.69 Å². The van der Waals surface area contributed by atoms with Crippen LogP contribution in [0.5, 0.6) is 0 Å². The maximum atomic E-state index is 11.2. The van der Waals surface area contributed by atoms with Gasteiger partial charge in [0.15, 0.2) is 0 Å². The Morgan fingerprint density at radius 2 is 2.47 bits per heavy atom. The first-order chi connectivity index (χ1) is 7.24. The van der Waals surface area contributed by atoms with Gasteiger partial charge in [0.05, 0.1) is 6.07 Å². The van der Waals surface area contributed by atoms with Crippen LogP contribution in [0.15, 0.2) is 24.4 Å². The van der Waals surface area contributed by atoms with Crippen LogP contribution in [0, 0.1) is 17.2 Å². The lowest BCUT2D eigenvalue weighted by Crippen LogP contribution is -2.30. The first-order valence-electron chi connectivity index (χ1n) is 4.81. The van der Waals surface area contributed by atoms with E-state index in [4.69, 9.17) is 5.26 Å². The van der Waals surface area contributed by atoms with Crippen molar-refractivity contribution in [2.24, 2.45) is 5.92 Å². The summed E-state index contributed by atoms with van der Waals surface area (Å²) in [5.41, 5.74) is 0.933. The fourth-order valence-electron chi connectivity index (χ4n) is 1.07. The number of carbonyl (C=O) groups excluding carboxylic acids is 1. The van der Waals surface area contributed by atoms with Gasteiger partial charge in [-0.05, 0) is 19.1 Å². The van der Waals surface area contributed by atoms with Crippen molar-refractivity contribution in [3.8, 4) is 6.07 Å². The zero-order valence-corrected chi connectivity index (χ0v) is 8.60. The number of nitriles is 1. The Balaban J connectivity index is 2.29. The van der Waals surface area contributed by atoms with Gasteiger partial charge in [-0.25, -0.2) is 0 Å². The zero-order valence-electron chi connectivity index (χ0n) is 8.60. The lowest BCUT2D eigenvalue weighted by Gasteiger charge is -2.05. The highest BCUT2D eigenvalue weighted by Crippen LogP contribution is 1.94. The largest absolute Gasteiger partial charge is 0.355 e. The minimum absolute atomic E-state index is 0.228. The Morgan fingerprint density at radius 1 is 1.67 bits per heavy atom. The summed E-state index contributed by atoms with van der Waals surface area (Å²) in [6.07, 6.45) is 2.40. The summed E-state index contributed by atoms with van der Waals surface area (Å²) in [5, 5.41) is 11.2. The molecule has 1 heterocycles. The number of amides is 1. The predicted molar refractivity (Wildman–Crippen MR) is 55.7 cm³/mol. The highest BCUT2D eigenvalue weighted by molar-refractivity contribution is 5.80. The molecule has 1 unspecified atom stereocenters. The van der Waals surface area contributed by atoms with Gasteiger partial charge in [0.25, 0.3) is 0 Å². The molecular weight excluding hydrogens is 190 g/mol. The SMILES string of the molecule is CC(C#N)C(=O)NCCc1ccccn1. The number of nitrogens with zero attached hydrogens (tertiary/aromatic N) is 2. The van der Waals surface area contributed by atoms with Crippen LogP contribution >= 0.6 is 0 Å². The van der Waals surface area contributed by atoms with Crippen molar-refractivity contribution < 1.29 is 4.79 Å². The predicted octanol–water partition coefficient (Wildman–Crippen LogP) is 0.900. The minimum atomic E-state index is -0.589. The van der Waals surface area contributed by atoms with Gasteiger partial charge in [0, 0.05) is 24.9 Å². The molecule has 0 aromatic carbocycles. The van der Waals surface area contributed by atoms with E-state index >= 15 is 0 Å². The highest BCUT2D eigenvalue weighted by atomic mass is 16.1. The second kappa shape index (κ2) is 5.76. The average Bonchev–Trinajstić information content (AvgIpc) is 2.29. The molecule has 4 heteroatoms. The van der Waals surface area contributed by atoms with Gasteiger partial charge in [0.1, 0.15) is 5.92 Å². The Bertz CT molecular complexity index is 356. The quantitative estimate of drug-likeness (QED) is 0.790. The molecule has 15 heavy (non-hydrogen) atoms. The van der Waals surface area contributed by atoms with E-state index in [1.54, 1.807) is 13.1 Å². The maximum absolute atomic E-state index is 11.2. The molecule has 0 fully saturated rings. The summed E-state index contributed by atoms with van der Waals surface area (Å²) in [6.45, 7) is 2.10.